The Labute approximate surface area is 138 Å². The Bertz CT molecular complexity index is 757. The predicted molar refractivity (Wildman–Crippen MR) is 92.3 cm³/mol. The number of hydrogen-bond donors (Lipinski definition) is 0. The molecule has 4 nitrogen and oxygen atoms in total. The number of anilines is 1. The van der Waals surface area contributed by atoms with E-state index in [0.717, 1.165) is 18.7 Å². The molecule has 122 valence electrons. The lowest BCUT2D eigenvalue weighted by atomic mass is 10.0. The number of rotatable bonds is 4. The predicted octanol–water partition coefficient (Wildman–Crippen LogP) is 3.46. The van der Waals surface area contributed by atoms with Crippen LogP contribution in [0.25, 0.3) is 0 Å². The van der Waals surface area contributed by atoms with Gasteiger partial charge in [-0.15, -0.1) is 0 Å². The maximum atomic E-state index is 11.9. The van der Waals surface area contributed by atoms with Crippen LogP contribution in [0.2, 0.25) is 0 Å². The molecule has 1 aliphatic rings. The first-order valence-electron chi connectivity index (χ1n) is 8.00. The van der Waals surface area contributed by atoms with Crippen molar-refractivity contribution < 1.29 is 8.42 Å². The van der Waals surface area contributed by atoms with Crippen LogP contribution < -0.4 is 4.90 Å². The maximum absolute atomic E-state index is 11.9. The summed E-state index contributed by atoms with van der Waals surface area (Å²) < 4.78 is 23.9. The number of nitrogens with zero attached hydrogens (tertiary/aromatic N) is 2. The van der Waals surface area contributed by atoms with E-state index in [-0.39, 0.29) is 5.75 Å². The van der Waals surface area contributed by atoms with Gasteiger partial charge in [-0.05, 0) is 48.2 Å². The van der Waals surface area contributed by atoms with Gasteiger partial charge in [-0.1, -0.05) is 19.9 Å². The highest BCUT2D eigenvalue weighted by Gasteiger charge is 2.31. The van der Waals surface area contributed by atoms with E-state index >= 15 is 0 Å². The smallest absolute Gasteiger partial charge is 0.178 e. The largest absolute Gasteiger partial charge is 0.364 e. The maximum Gasteiger partial charge on any atom is 0.178 e. The molecule has 0 unspecified atom stereocenters. The van der Waals surface area contributed by atoms with E-state index < -0.39 is 9.84 Å². The zero-order valence-corrected chi connectivity index (χ0v) is 14.3. The Morgan fingerprint density at radius 3 is 2.57 bits per heavy atom. The molecule has 0 amide bonds. The van der Waals surface area contributed by atoms with Crippen molar-refractivity contribution in [1.29, 1.82) is 0 Å². The quantitative estimate of drug-likeness (QED) is 0.861. The summed E-state index contributed by atoms with van der Waals surface area (Å²) >= 11 is 0. The van der Waals surface area contributed by atoms with Crippen molar-refractivity contribution in [3.05, 3.63) is 54.4 Å². The van der Waals surface area contributed by atoms with Crippen LogP contribution in [-0.4, -0.2) is 25.7 Å². The van der Waals surface area contributed by atoms with Gasteiger partial charge in [0.15, 0.2) is 9.84 Å². The third-order valence-corrected chi connectivity index (χ3v) is 6.24. The van der Waals surface area contributed by atoms with E-state index in [1.165, 1.54) is 5.56 Å². The number of aromatic nitrogens is 1. The fraction of sp³-hybridized carbons (Fsp3) is 0.389. The van der Waals surface area contributed by atoms with Gasteiger partial charge in [-0.25, -0.2) is 8.42 Å². The van der Waals surface area contributed by atoms with Gasteiger partial charge >= 0.3 is 0 Å². The summed E-state index contributed by atoms with van der Waals surface area (Å²) in [6.45, 7) is 4.89. The van der Waals surface area contributed by atoms with Gasteiger partial charge < -0.3 is 4.90 Å². The van der Waals surface area contributed by atoms with Crippen LogP contribution in [0.3, 0.4) is 0 Å². The summed E-state index contributed by atoms with van der Waals surface area (Å²) in [6, 6.07) is 11.7. The Morgan fingerprint density at radius 2 is 1.96 bits per heavy atom. The van der Waals surface area contributed by atoms with Crippen LogP contribution in [0.5, 0.6) is 0 Å². The van der Waals surface area contributed by atoms with E-state index in [2.05, 4.69) is 22.9 Å². The number of sulfone groups is 1. The lowest BCUT2D eigenvalue weighted by Gasteiger charge is -2.27. The molecule has 1 saturated heterocycles. The van der Waals surface area contributed by atoms with E-state index in [1.54, 1.807) is 25.3 Å². The zero-order valence-electron chi connectivity index (χ0n) is 13.5. The summed E-state index contributed by atoms with van der Waals surface area (Å²) in [5.74, 6) is 0.727. The van der Waals surface area contributed by atoms with Crippen molar-refractivity contribution in [2.45, 2.75) is 31.2 Å². The second kappa shape index (κ2) is 6.32. The summed E-state index contributed by atoms with van der Waals surface area (Å²) in [4.78, 5) is 6.98. The lowest BCUT2D eigenvalue weighted by Crippen LogP contribution is -2.23. The molecule has 0 radical (unpaired) electrons. The molecule has 0 saturated carbocycles. The Kier molecular flexibility index (Phi) is 4.39. The Balaban J connectivity index is 1.90. The summed E-state index contributed by atoms with van der Waals surface area (Å²) in [5, 5.41) is 0. The molecular formula is C18H22N2O2S. The van der Waals surface area contributed by atoms with Crippen molar-refractivity contribution in [3.63, 3.8) is 0 Å². The molecule has 1 aromatic heterocycles. The van der Waals surface area contributed by atoms with Crippen LogP contribution in [0, 0.1) is 5.92 Å². The molecule has 23 heavy (non-hydrogen) atoms. The minimum Gasteiger partial charge on any atom is -0.364 e. The first-order chi connectivity index (χ1) is 11.0. The van der Waals surface area contributed by atoms with Gasteiger partial charge in [0, 0.05) is 24.6 Å². The molecule has 0 bridgehead atoms. The van der Waals surface area contributed by atoms with Gasteiger partial charge in [-0.3, -0.25) is 4.98 Å². The van der Waals surface area contributed by atoms with Crippen molar-refractivity contribution in [2.75, 3.05) is 17.2 Å². The molecule has 2 heterocycles. The second-order valence-corrected chi connectivity index (χ2v) is 8.47. The highest BCUT2D eigenvalue weighted by Crippen LogP contribution is 2.38. The Morgan fingerprint density at radius 1 is 1.22 bits per heavy atom. The van der Waals surface area contributed by atoms with Crippen molar-refractivity contribution in [3.8, 4) is 0 Å². The minimum absolute atomic E-state index is 0.130. The molecule has 0 spiro atoms. The van der Waals surface area contributed by atoms with E-state index in [0.29, 0.717) is 16.9 Å². The molecule has 3 rings (SSSR count). The van der Waals surface area contributed by atoms with Gasteiger partial charge in [-0.2, -0.15) is 0 Å². The number of pyridine rings is 1. The van der Waals surface area contributed by atoms with Crippen LogP contribution in [0.15, 0.2) is 53.7 Å². The van der Waals surface area contributed by atoms with Gasteiger partial charge in [0.25, 0.3) is 0 Å². The average molecular weight is 330 g/mol. The fourth-order valence-corrected chi connectivity index (χ4v) is 4.12. The SMILES string of the molecule is CCS(=O)(=O)c1ccc(N2C[C@H](C)C[C@@H]2c2cccnc2)cc1. The van der Waals surface area contributed by atoms with Gasteiger partial charge in [0.2, 0.25) is 0 Å². The third-order valence-electron chi connectivity index (χ3n) is 4.49. The van der Waals surface area contributed by atoms with E-state index in [9.17, 15) is 8.42 Å². The van der Waals surface area contributed by atoms with E-state index in [1.807, 2.05) is 24.4 Å². The number of hydrogen-bond acceptors (Lipinski definition) is 4. The first-order valence-corrected chi connectivity index (χ1v) is 9.66. The molecule has 1 aromatic carbocycles. The standard InChI is InChI=1S/C18H22N2O2S/c1-3-23(21,22)17-8-6-16(7-9-17)20-13-14(2)11-18(20)15-5-4-10-19-12-15/h4-10,12,14,18H,3,11,13H2,1-2H3/t14-,18-/m1/s1. The first kappa shape index (κ1) is 16.0. The van der Waals surface area contributed by atoms with E-state index in [4.69, 9.17) is 0 Å². The van der Waals surface area contributed by atoms with Gasteiger partial charge in [0.05, 0.1) is 16.7 Å². The van der Waals surface area contributed by atoms with Crippen molar-refractivity contribution in [2.24, 2.45) is 5.92 Å². The zero-order chi connectivity index (χ0) is 16.4. The van der Waals surface area contributed by atoms with Crippen LogP contribution >= 0.6 is 0 Å². The molecule has 2 aromatic rings. The van der Waals surface area contributed by atoms with Gasteiger partial charge in [0.1, 0.15) is 0 Å². The topological polar surface area (TPSA) is 50.3 Å². The molecule has 1 fully saturated rings. The highest BCUT2D eigenvalue weighted by molar-refractivity contribution is 7.91. The Hall–Kier alpha value is -1.88. The molecule has 1 aliphatic heterocycles. The second-order valence-electron chi connectivity index (χ2n) is 6.19. The molecular weight excluding hydrogens is 308 g/mol. The monoisotopic (exact) mass is 330 g/mol. The molecule has 0 N–H and O–H groups in total. The fourth-order valence-electron chi connectivity index (χ4n) is 3.23. The number of benzene rings is 1. The lowest BCUT2D eigenvalue weighted by molar-refractivity contribution is 0.597. The average Bonchev–Trinajstić information content (AvgIpc) is 2.98. The third kappa shape index (κ3) is 3.24. The van der Waals surface area contributed by atoms with Crippen molar-refractivity contribution in [1.82, 2.24) is 4.98 Å². The summed E-state index contributed by atoms with van der Waals surface area (Å²) in [6.07, 6.45) is 4.79. The normalized spacial score (nSPS) is 21.6. The van der Waals surface area contributed by atoms with Crippen LogP contribution in [-0.2, 0) is 9.84 Å². The highest BCUT2D eigenvalue weighted by atomic mass is 32.2. The molecule has 0 aliphatic carbocycles. The molecule has 5 heteroatoms. The molecule has 2 atom stereocenters. The minimum atomic E-state index is -3.14. The van der Waals surface area contributed by atoms with Crippen molar-refractivity contribution >= 4 is 15.5 Å². The summed E-state index contributed by atoms with van der Waals surface area (Å²) in [5.41, 5.74) is 2.28. The van der Waals surface area contributed by atoms with Crippen LogP contribution in [0.4, 0.5) is 5.69 Å². The summed E-state index contributed by atoms with van der Waals surface area (Å²) in [7, 11) is -3.14. The van der Waals surface area contributed by atoms with Crippen LogP contribution in [0.1, 0.15) is 31.9 Å².